The fourth-order valence-corrected chi connectivity index (χ4v) is 15.7. The molecule has 0 saturated carbocycles. The number of esters is 2. The molecular weight excluding hydrogens is 888 g/mol. The third kappa shape index (κ3) is 8.96. The number of nitrogens with zero attached hydrogens (tertiary/aromatic N) is 4. The smallest absolute Gasteiger partial charge is 0.350 e. The van der Waals surface area contributed by atoms with Crippen LogP contribution < -0.4 is 15.9 Å². The fourth-order valence-electron chi connectivity index (χ4n) is 9.29. The summed E-state index contributed by atoms with van der Waals surface area (Å²) in [6, 6.07) is 67.7. The van der Waals surface area contributed by atoms with Crippen LogP contribution in [0.25, 0.3) is 0 Å². The number of carbonyl (C=O) groups is 2. The number of nitro benzene ring substituents is 1. The van der Waals surface area contributed by atoms with Gasteiger partial charge < -0.3 is 14.0 Å². The molecule has 68 heavy (non-hydrogen) atoms. The maximum Gasteiger partial charge on any atom is 0.350 e. The van der Waals surface area contributed by atoms with E-state index in [1.807, 2.05) is 127 Å². The van der Waals surface area contributed by atoms with E-state index < -0.39 is 45.9 Å². The number of non-ortho nitro benzene ring substituents is 1. The molecule has 0 spiro atoms. The Kier molecular flexibility index (Phi) is 13.7. The average molecular weight is 937 g/mol. The topological polar surface area (TPSA) is 117 Å². The fraction of sp³-hybridized carbons (Fsp3) is 0.143. The number of benzene rings is 7. The first-order valence-electron chi connectivity index (χ1n) is 22.3. The lowest BCUT2D eigenvalue weighted by molar-refractivity contribution is -0.384. The van der Waals surface area contributed by atoms with Crippen molar-refractivity contribution >= 4 is 57.6 Å². The number of aromatic nitrogens is 2. The van der Waals surface area contributed by atoms with Crippen LogP contribution in [0.15, 0.2) is 219 Å². The SMILES string of the molecule is CC(=O)OC(c1cn(C)cn1)C1CN(C(C(=O)OCc2ccc([N+](=O)[O-])cc2)=P(c2ccccc2)(c2ccccc2)c2ccccc2)C1SC(c1ccccc1)(c1ccccc1)c1ccccc1. The third-order valence-corrected chi connectivity index (χ3v) is 18.5. The number of carbonyl (C=O) groups excluding carboxylic acids is 2. The maximum absolute atomic E-state index is 16.0. The van der Waals surface area contributed by atoms with E-state index >= 15 is 4.79 Å². The Morgan fingerprint density at radius 2 is 1.15 bits per heavy atom. The monoisotopic (exact) mass is 936 g/mol. The lowest BCUT2D eigenvalue weighted by atomic mass is 9.84. The van der Waals surface area contributed by atoms with Crippen molar-refractivity contribution in [3.8, 4) is 0 Å². The Hall–Kier alpha value is -7.30. The molecule has 1 aliphatic heterocycles. The largest absolute Gasteiger partial charge is 0.456 e. The molecule has 2 heterocycles. The van der Waals surface area contributed by atoms with Crippen LogP contribution in [0.4, 0.5) is 5.69 Å². The summed E-state index contributed by atoms with van der Waals surface area (Å²) in [5.41, 5.74) is 4.66. The van der Waals surface area contributed by atoms with Crippen molar-refractivity contribution < 1.29 is 24.0 Å². The van der Waals surface area contributed by atoms with Crippen LogP contribution in [-0.4, -0.2) is 48.6 Å². The predicted molar refractivity (Wildman–Crippen MR) is 272 cm³/mol. The van der Waals surface area contributed by atoms with Gasteiger partial charge in [-0.1, -0.05) is 182 Å². The van der Waals surface area contributed by atoms with Gasteiger partial charge in [0.15, 0.2) is 6.10 Å². The number of hydrogen-bond donors (Lipinski definition) is 0. The summed E-state index contributed by atoms with van der Waals surface area (Å²) in [4.78, 5) is 47.4. The van der Waals surface area contributed by atoms with Gasteiger partial charge in [0.2, 0.25) is 0 Å². The van der Waals surface area contributed by atoms with Gasteiger partial charge in [-0.3, -0.25) is 19.8 Å². The zero-order chi connectivity index (χ0) is 47.1. The van der Waals surface area contributed by atoms with E-state index in [-0.39, 0.29) is 18.8 Å². The predicted octanol–water partition coefficient (Wildman–Crippen LogP) is 9.78. The summed E-state index contributed by atoms with van der Waals surface area (Å²) in [7, 11) is 1.89. The number of thioether (sulfide) groups is 1. The number of rotatable bonds is 16. The molecule has 9 rings (SSSR count). The minimum atomic E-state index is -3.22. The highest BCUT2D eigenvalue weighted by Gasteiger charge is 2.56. The number of likely N-dealkylation sites (tertiary alicyclic amines) is 1. The van der Waals surface area contributed by atoms with Gasteiger partial charge in [-0.05, 0) is 50.3 Å². The van der Waals surface area contributed by atoms with Crippen LogP contribution in [0, 0.1) is 16.0 Å². The lowest BCUT2D eigenvalue weighted by Gasteiger charge is -2.54. The normalized spacial score (nSPS) is 15.4. The first-order chi connectivity index (χ1) is 33.2. The molecule has 1 aliphatic rings. The highest BCUT2D eigenvalue weighted by molar-refractivity contribution is 8.01. The summed E-state index contributed by atoms with van der Waals surface area (Å²) in [6.07, 6.45) is 2.80. The van der Waals surface area contributed by atoms with Gasteiger partial charge in [0.25, 0.3) is 5.69 Å². The van der Waals surface area contributed by atoms with Gasteiger partial charge in [-0.25, -0.2) is 9.78 Å². The molecule has 10 nitrogen and oxygen atoms in total. The standard InChI is InChI=1S/C56H49N4O6PS/c1-41(61)66-52(51-38-58(2)40-57-51)50-37-59(54(50)68-56(43-21-9-3-10-22-43,44-23-11-4-12-24-44)45-25-13-5-14-26-45)53(55(62)65-39-42-33-35-46(36-34-42)60(63)64)67(47-27-15-6-16-28-47,48-29-17-7-18-30-48)49-31-19-8-20-32-49/h3-36,38,40,50,52,54H,37,39H2,1-2H3. The number of imidazole rings is 1. The molecule has 0 amide bonds. The molecule has 1 saturated heterocycles. The second-order valence-electron chi connectivity index (χ2n) is 16.6. The van der Waals surface area contributed by atoms with E-state index in [4.69, 9.17) is 14.5 Å². The van der Waals surface area contributed by atoms with Crippen molar-refractivity contribution in [1.82, 2.24) is 14.5 Å². The first-order valence-corrected chi connectivity index (χ1v) is 25.0. The van der Waals surface area contributed by atoms with Gasteiger partial charge >= 0.3 is 11.9 Å². The molecule has 0 N–H and O–H groups in total. The maximum atomic E-state index is 16.0. The molecule has 1 aromatic heterocycles. The zero-order valence-corrected chi connectivity index (χ0v) is 39.2. The van der Waals surface area contributed by atoms with Crippen LogP contribution >= 0.6 is 18.6 Å². The van der Waals surface area contributed by atoms with Gasteiger partial charge in [0, 0.05) is 51.6 Å². The van der Waals surface area contributed by atoms with E-state index in [1.165, 1.54) is 19.1 Å². The molecule has 3 unspecified atom stereocenters. The van der Waals surface area contributed by atoms with Gasteiger partial charge in [0.05, 0.1) is 27.1 Å². The summed E-state index contributed by atoms with van der Waals surface area (Å²) in [5.74, 6) is -1.39. The Balaban J connectivity index is 1.36. The molecule has 0 aliphatic carbocycles. The van der Waals surface area contributed by atoms with Crippen LogP contribution in [0.3, 0.4) is 0 Å². The molecule has 12 heteroatoms. The Morgan fingerprint density at radius 3 is 1.54 bits per heavy atom. The van der Waals surface area contributed by atoms with Gasteiger partial charge in [-0.2, -0.15) is 0 Å². The quantitative estimate of drug-likeness (QED) is 0.0307. The lowest BCUT2D eigenvalue weighted by Crippen LogP contribution is -2.63. The highest BCUT2D eigenvalue weighted by Crippen LogP contribution is 2.58. The first kappa shape index (κ1) is 45.8. The number of hydrogen-bond acceptors (Lipinski definition) is 8. The van der Waals surface area contributed by atoms with Gasteiger partial charge in [-0.15, -0.1) is 11.8 Å². The molecule has 0 bridgehead atoms. The van der Waals surface area contributed by atoms with Crippen LogP contribution in [0.2, 0.25) is 0 Å². The molecule has 3 atom stereocenters. The molecule has 8 aromatic rings. The minimum absolute atomic E-state index is 0.0602. The van der Waals surface area contributed by atoms with E-state index in [0.29, 0.717) is 16.7 Å². The minimum Gasteiger partial charge on any atom is -0.456 e. The number of nitro groups is 1. The molecule has 340 valence electrons. The zero-order valence-electron chi connectivity index (χ0n) is 37.5. The number of ether oxygens (including phenoxy) is 2. The molecular formula is C56H49N4O6PS. The number of aryl methyl sites for hydroxylation is 1. The average Bonchev–Trinajstić information content (AvgIpc) is 3.82. The van der Waals surface area contributed by atoms with Crippen LogP contribution in [-0.2, 0) is 37.5 Å². The van der Waals surface area contributed by atoms with Crippen LogP contribution in [0.1, 0.15) is 41.0 Å². The Morgan fingerprint density at radius 1 is 0.706 bits per heavy atom. The summed E-state index contributed by atoms with van der Waals surface area (Å²) in [6.45, 7) is -1.65. The summed E-state index contributed by atoms with van der Waals surface area (Å²) >= 11 is 1.70. The van der Waals surface area contributed by atoms with E-state index in [9.17, 15) is 14.9 Å². The van der Waals surface area contributed by atoms with E-state index in [1.54, 1.807) is 30.2 Å². The van der Waals surface area contributed by atoms with Crippen molar-refractivity contribution in [2.24, 2.45) is 13.0 Å². The van der Waals surface area contributed by atoms with Crippen molar-refractivity contribution in [1.29, 1.82) is 0 Å². The Labute approximate surface area is 400 Å². The Bertz CT molecular complexity index is 2850. The summed E-state index contributed by atoms with van der Waals surface area (Å²) < 4.78 is 13.9. The van der Waals surface area contributed by atoms with E-state index in [0.717, 1.165) is 32.6 Å². The highest BCUT2D eigenvalue weighted by atomic mass is 32.2. The van der Waals surface area contributed by atoms with Crippen molar-refractivity contribution in [2.45, 2.75) is 29.8 Å². The third-order valence-electron chi connectivity index (χ3n) is 12.3. The van der Waals surface area contributed by atoms with Crippen molar-refractivity contribution in [3.63, 3.8) is 0 Å². The van der Waals surface area contributed by atoms with Gasteiger partial charge in [0.1, 0.15) is 12.0 Å². The second kappa shape index (κ2) is 20.3. The second-order valence-corrected chi connectivity index (χ2v) is 21.2. The molecule has 0 radical (unpaired) electrons. The molecule has 1 fully saturated rings. The summed E-state index contributed by atoms with van der Waals surface area (Å²) in [5, 5.41) is 13.8. The van der Waals surface area contributed by atoms with E-state index in [2.05, 4.69) is 77.7 Å². The molecule has 7 aromatic carbocycles. The van der Waals surface area contributed by atoms with Crippen molar-refractivity contribution in [3.05, 3.63) is 257 Å². The van der Waals surface area contributed by atoms with Crippen LogP contribution in [0.5, 0.6) is 0 Å². The van der Waals surface area contributed by atoms with Crippen molar-refractivity contribution in [2.75, 3.05) is 6.54 Å².